The van der Waals surface area contributed by atoms with Gasteiger partial charge in [-0.25, -0.2) is 0 Å². The van der Waals surface area contributed by atoms with E-state index in [2.05, 4.69) is 0 Å². The van der Waals surface area contributed by atoms with Crippen molar-refractivity contribution >= 4 is 0 Å². The smallest absolute Gasteiger partial charge is 0.291 e. The number of rotatable bonds is 4. The van der Waals surface area contributed by atoms with Crippen molar-refractivity contribution in [1.82, 2.24) is 0 Å². The maximum atomic E-state index is 8.27. The summed E-state index contributed by atoms with van der Waals surface area (Å²) in [6, 6.07) is -1.97. The fourth-order valence-electron chi connectivity index (χ4n) is 0.548. The molecule has 0 aliphatic carbocycles. The molecule has 0 aromatic heterocycles. The first-order valence-corrected chi connectivity index (χ1v) is 4.82. The van der Waals surface area contributed by atoms with Crippen molar-refractivity contribution in [1.29, 1.82) is 0 Å². The molecule has 0 bridgehead atoms. The van der Waals surface area contributed by atoms with E-state index in [1.165, 1.54) is 0 Å². The molecule has 2 unspecified atom stereocenters. The Morgan fingerprint density at radius 3 is 0.938 bits per heavy atom. The van der Waals surface area contributed by atoms with Crippen LogP contribution >= 0.6 is 0 Å². The average Bonchev–Trinajstić information content (AvgIpc) is 2.13. The topological polar surface area (TPSA) is 173 Å². The van der Waals surface area contributed by atoms with Gasteiger partial charge in [0.1, 0.15) is 0 Å². The summed E-state index contributed by atoms with van der Waals surface area (Å²) >= 11 is 0. The zero-order valence-corrected chi connectivity index (χ0v) is 9.41. The van der Waals surface area contributed by atoms with Gasteiger partial charge in [-0.2, -0.15) is 0 Å². The molecule has 0 aliphatic rings. The Balaban J connectivity index is 0. The van der Waals surface area contributed by atoms with Crippen LogP contribution in [0.2, 0.25) is 0 Å². The summed E-state index contributed by atoms with van der Waals surface area (Å²) in [7, 11) is 0. The molecule has 0 heterocycles. The summed E-state index contributed by atoms with van der Waals surface area (Å²) in [6.45, 7) is 3.28. The van der Waals surface area contributed by atoms with E-state index < -0.39 is 24.0 Å². The maximum absolute atomic E-state index is 8.27. The molecule has 0 saturated heterocycles. The summed E-state index contributed by atoms with van der Waals surface area (Å²) in [5, 5.41) is 49.6. The first-order chi connectivity index (χ1) is 6.96. The van der Waals surface area contributed by atoms with Crippen molar-refractivity contribution in [2.24, 2.45) is 11.5 Å². The molecule has 0 saturated carbocycles. The van der Waals surface area contributed by atoms with E-state index in [0.29, 0.717) is 12.8 Å². The minimum absolute atomic E-state index is 0.323. The van der Waals surface area contributed by atoms with Gasteiger partial charge in [-0.05, 0) is 12.8 Å². The van der Waals surface area contributed by atoms with Gasteiger partial charge in [0.2, 0.25) is 0 Å². The molecule has 10 N–H and O–H groups in total. The molecule has 0 fully saturated rings. The Morgan fingerprint density at radius 1 is 0.750 bits per heavy atom. The molecule has 16 heavy (non-hydrogen) atoms. The Morgan fingerprint density at radius 2 is 0.938 bits per heavy atom. The third-order valence-electron chi connectivity index (χ3n) is 1.87. The zero-order chi connectivity index (χ0) is 13.6. The van der Waals surface area contributed by atoms with Crippen LogP contribution in [-0.2, 0) is 0 Å². The number of nitrogens with two attached hydrogens (primary N) is 2. The second kappa shape index (κ2) is 7.09. The summed E-state index contributed by atoms with van der Waals surface area (Å²) < 4.78 is 0. The van der Waals surface area contributed by atoms with E-state index in [1.807, 2.05) is 0 Å². The van der Waals surface area contributed by atoms with Gasteiger partial charge in [0.25, 0.3) is 11.9 Å². The monoisotopic (exact) mass is 242 g/mol. The lowest BCUT2D eigenvalue weighted by Crippen LogP contribution is -2.47. The Labute approximate surface area is 93.7 Å². The van der Waals surface area contributed by atoms with E-state index in [-0.39, 0.29) is 0 Å². The molecule has 0 aromatic carbocycles. The van der Waals surface area contributed by atoms with Crippen LogP contribution in [0, 0.1) is 0 Å². The van der Waals surface area contributed by atoms with E-state index in [9.17, 15) is 0 Å². The minimum Gasteiger partial charge on any atom is -0.342 e. The lowest BCUT2D eigenvalue weighted by molar-refractivity contribution is -0.323. The van der Waals surface area contributed by atoms with Crippen LogP contribution < -0.4 is 11.5 Å². The Bertz CT molecular complexity index is 156. The zero-order valence-electron chi connectivity index (χ0n) is 9.41. The van der Waals surface area contributed by atoms with Gasteiger partial charge in [0.05, 0.1) is 12.1 Å². The highest BCUT2D eigenvalue weighted by Gasteiger charge is 2.26. The largest absolute Gasteiger partial charge is 0.342 e. The van der Waals surface area contributed by atoms with Gasteiger partial charge in [-0.1, -0.05) is 13.8 Å². The SMILES string of the molecule is CCC(N)C(O)(O)O.CCC(N)C(O)(O)O. The predicted molar refractivity (Wildman–Crippen MR) is 55.3 cm³/mol. The minimum atomic E-state index is -2.71. The molecule has 8 heteroatoms. The first kappa shape index (κ1) is 18.1. The van der Waals surface area contributed by atoms with Crippen LogP contribution in [0.5, 0.6) is 0 Å². The molecule has 0 spiro atoms. The molecule has 0 amide bonds. The fourth-order valence-corrected chi connectivity index (χ4v) is 0.548. The lowest BCUT2D eigenvalue weighted by Gasteiger charge is -2.19. The normalized spacial score (nSPS) is 16.1. The van der Waals surface area contributed by atoms with Crippen LogP contribution in [0.15, 0.2) is 0 Å². The summed E-state index contributed by atoms with van der Waals surface area (Å²) in [4.78, 5) is 0. The van der Waals surface area contributed by atoms with Crippen molar-refractivity contribution in [3.63, 3.8) is 0 Å². The van der Waals surface area contributed by atoms with Crippen molar-refractivity contribution < 1.29 is 30.6 Å². The fraction of sp³-hybridized carbons (Fsp3) is 1.00. The van der Waals surface area contributed by atoms with Gasteiger partial charge in [-0.3, -0.25) is 0 Å². The number of hydrogen-bond acceptors (Lipinski definition) is 8. The van der Waals surface area contributed by atoms with Crippen molar-refractivity contribution in [2.75, 3.05) is 0 Å². The second-order valence-corrected chi connectivity index (χ2v) is 3.40. The molecular formula is C8H22N2O6. The van der Waals surface area contributed by atoms with E-state index >= 15 is 0 Å². The van der Waals surface area contributed by atoms with Crippen molar-refractivity contribution in [2.45, 2.75) is 50.7 Å². The van der Waals surface area contributed by atoms with Crippen LogP contribution in [0.1, 0.15) is 26.7 Å². The second-order valence-electron chi connectivity index (χ2n) is 3.40. The Kier molecular flexibility index (Phi) is 8.00. The summed E-state index contributed by atoms with van der Waals surface area (Å²) in [6.07, 6.45) is 0.646. The van der Waals surface area contributed by atoms with Gasteiger partial charge < -0.3 is 42.1 Å². The van der Waals surface area contributed by atoms with Gasteiger partial charge in [0, 0.05) is 0 Å². The maximum Gasteiger partial charge on any atom is 0.291 e. The molecule has 0 rings (SSSR count). The van der Waals surface area contributed by atoms with Crippen LogP contribution in [0.4, 0.5) is 0 Å². The summed E-state index contributed by atoms with van der Waals surface area (Å²) in [5.74, 6) is -5.43. The third-order valence-corrected chi connectivity index (χ3v) is 1.87. The molecule has 2 atom stereocenters. The highest BCUT2D eigenvalue weighted by atomic mass is 16.7. The van der Waals surface area contributed by atoms with Crippen LogP contribution in [-0.4, -0.2) is 54.7 Å². The van der Waals surface area contributed by atoms with Crippen LogP contribution in [0.3, 0.4) is 0 Å². The molecular weight excluding hydrogens is 220 g/mol. The van der Waals surface area contributed by atoms with Crippen molar-refractivity contribution in [3.05, 3.63) is 0 Å². The molecule has 0 aromatic rings. The highest BCUT2D eigenvalue weighted by molar-refractivity contribution is 4.65. The third kappa shape index (κ3) is 8.95. The highest BCUT2D eigenvalue weighted by Crippen LogP contribution is 2.01. The quantitative estimate of drug-likeness (QED) is 0.237. The van der Waals surface area contributed by atoms with Gasteiger partial charge >= 0.3 is 0 Å². The van der Waals surface area contributed by atoms with Gasteiger partial charge in [0.15, 0.2) is 0 Å². The first-order valence-electron chi connectivity index (χ1n) is 4.82. The van der Waals surface area contributed by atoms with Crippen LogP contribution in [0.25, 0.3) is 0 Å². The van der Waals surface area contributed by atoms with E-state index in [0.717, 1.165) is 0 Å². The molecule has 0 radical (unpaired) electrons. The average molecular weight is 242 g/mol. The standard InChI is InChI=1S/2C4H11NO3/c2*1-2-3(5)4(6,7)8/h2*3,6-8H,2,5H2,1H3. The molecule has 0 aliphatic heterocycles. The lowest BCUT2D eigenvalue weighted by atomic mass is 10.2. The van der Waals surface area contributed by atoms with Crippen molar-refractivity contribution in [3.8, 4) is 0 Å². The number of aliphatic hydroxyl groups is 6. The number of hydrogen-bond donors (Lipinski definition) is 8. The van der Waals surface area contributed by atoms with E-state index in [1.54, 1.807) is 13.8 Å². The Hall–Kier alpha value is -0.320. The molecule has 8 nitrogen and oxygen atoms in total. The van der Waals surface area contributed by atoms with Gasteiger partial charge in [-0.15, -0.1) is 0 Å². The molecule has 100 valence electrons. The predicted octanol–water partition coefficient (Wildman–Crippen LogP) is -3.29. The van der Waals surface area contributed by atoms with E-state index in [4.69, 9.17) is 42.1 Å². The summed E-state index contributed by atoms with van der Waals surface area (Å²) in [5.41, 5.74) is 10.0.